The zero-order valence-corrected chi connectivity index (χ0v) is 11.0. The molecular formula is C12H12BrNOS. The van der Waals surface area contributed by atoms with Crippen LogP contribution in [-0.2, 0) is 0 Å². The normalized spacial score (nSPS) is 12.4. The fraction of sp³-hybridized carbons (Fsp3) is 0.167. The molecule has 0 amide bonds. The quantitative estimate of drug-likeness (QED) is 0.903. The van der Waals surface area contributed by atoms with E-state index in [-0.39, 0.29) is 12.6 Å². The van der Waals surface area contributed by atoms with Crippen molar-refractivity contribution < 1.29 is 5.11 Å². The van der Waals surface area contributed by atoms with Crippen molar-refractivity contribution in [3.8, 4) is 0 Å². The van der Waals surface area contributed by atoms with Gasteiger partial charge in [0.15, 0.2) is 0 Å². The number of aliphatic hydroxyl groups excluding tert-OH is 1. The summed E-state index contributed by atoms with van der Waals surface area (Å²) in [7, 11) is 0. The van der Waals surface area contributed by atoms with E-state index in [2.05, 4.69) is 21.2 Å². The van der Waals surface area contributed by atoms with Crippen LogP contribution in [0.3, 0.4) is 0 Å². The highest BCUT2D eigenvalue weighted by molar-refractivity contribution is 9.10. The molecule has 0 spiro atoms. The first kappa shape index (κ1) is 11.6. The van der Waals surface area contributed by atoms with Gasteiger partial charge < -0.3 is 10.4 Å². The Labute approximate surface area is 107 Å². The third-order valence-electron chi connectivity index (χ3n) is 2.23. The molecule has 2 rings (SSSR count). The molecule has 4 heteroatoms. The Hall–Kier alpha value is -0.840. The highest BCUT2D eigenvalue weighted by Gasteiger charge is 2.10. The molecule has 0 radical (unpaired) electrons. The number of nitrogens with one attached hydrogen (secondary N) is 1. The molecule has 1 unspecified atom stereocenters. The van der Waals surface area contributed by atoms with E-state index in [0.717, 1.165) is 15.0 Å². The molecule has 2 N–H and O–H groups in total. The smallest absolute Gasteiger partial charge is 0.0837 e. The van der Waals surface area contributed by atoms with Crippen LogP contribution < -0.4 is 5.32 Å². The largest absolute Gasteiger partial charge is 0.394 e. The third kappa shape index (κ3) is 2.84. The number of rotatable bonds is 4. The van der Waals surface area contributed by atoms with Gasteiger partial charge in [-0.25, -0.2) is 0 Å². The maximum absolute atomic E-state index is 9.36. The molecule has 2 nitrogen and oxygen atoms in total. The summed E-state index contributed by atoms with van der Waals surface area (Å²) in [5.41, 5.74) is 1.00. The first-order valence-electron chi connectivity index (χ1n) is 4.96. The van der Waals surface area contributed by atoms with Crippen molar-refractivity contribution >= 4 is 33.0 Å². The molecule has 1 aromatic carbocycles. The van der Waals surface area contributed by atoms with Crippen molar-refractivity contribution in [3.63, 3.8) is 0 Å². The SMILES string of the molecule is OCC(Nc1cccc(Br)c1)c1cccs1. The fourth-order valence-electron chi connectivity index (χ4n) is 1.48. The molecule has 0 bridgehead atoms. The molecule has 0 aliphatic heterocycles. The molecule has 0 fully saturated rings. The second-order valence-corrected chi connectivity index (χ2v) is 5.30. The lowest BCUT2D eigenvalue weighted by Crippen LogP contribution is -2.13. The number of aliphatic hydroxyl groups is 1. The van der Waals surface area contributed by atoms with Gasteiger partial charge in [-0.05, 0) is 29.6 Å². The summed E-state index contributed by atoms with van der Waals surface area (Å²) in [6.07, 6.45) is 0. The predicted molar refractivity (Wildman–Crippen MR) is 71.9 cm³/mol. The van der Waals surface area contributed by atoms with Crippen LogP contribution in [0.25, 0.3) is 0 Å². The molecule has 0 aliphatic carbocycles. The van der Waals surface area contributed by atoms with Gasteiger partial charge in [-0.1, -0.05) is 28.1 Å². The molecule has 0 aliphatic rings. The molecule has 16 heavy (non-hydrogen) atoms. The minimum absolute atomic E-state index is 0.0331. The zero-order chi connectivity index (χ0) is 11.4. The van der Waals surface area contributed by atoms with Gasteiger partial charge in [0, 0.05) is 15.0 Å². The average Bonchev–Trinajstić information content (AvgIpc) is 2.79. The van der Waals surface area contributed by atoms with Crippen molar-refractivity contribution in [2.24, 2.45) is 0 Å². The summed E-state index contributed by atoms with van der Waals surface area (Å²) < 4.78 is 1.03. The third-order valence-corrected chi connectivity index (χ3v) is 3.71. The second kappa shape index (κ2) is 5.48. The van der Waals surface area contributed by atoms with E-state index in [1.165, 1.54) is 0 Å². The van der Waals surface area contributed by atoms with Crippen molar-refractivity contribution in [2.75, 3.05) is 11.9 Å². The Bertz CT molecular complexity index is 444. The van der Waals surface area contributed by atoms with E-state index in [0.29, 0.717) is 0 Å². The van der Waals surface area contributed by atoms with E-state index >= 15 is 0 Å². The molecule has 84 valence electrons. The summed E-state index contributed by atoms with van der Waals surface area (Å²) in [5, 5.41) is 14.7. The predicted octanol–water partition coefficient (Wildman–Crippen LogP) is 3.66. The van der Waals surface area contributed by atoms with Crippen molar-refractivity contribution in [1.82, 2.24) is 0 Å². The Morgan fingerprint density at radius 3 is 2.81 bits per heavy atom. The van der Waals surface area contributed by atoms with Crippen LogP contribution >= 0.6 is 27.3 Å². The number of anilines is 1. The molecule has 2 aromatic rings. The Kier molecular flexibility index (Phi) is 3.98. The van der Waals surface area contributed by atoms with E-state index in [4.69, 9.17) is 0 Å². The van der Waals surface area contributed by atoms with Gasteiger partial charge in [0.1, 0.15) is 0 Å². The molecule has 0 saturated carbocycles. The standard InChI is InChI=1S/C12H12BrNOS/c13-9-3-1-4-10(7-9)14-11(8-15)12-5-2-6-16-12/h1-7,11,14-15H,8H2. The zero-order valence-electron chi connectivity index (χ0n) is 8.56. The van der Waals surface area contributed by atoms with Crippen LogP contribution in [0.5, 0.6) is 0 Å². The van der Waals surface area contributed by atoms with Gasteiger partial charge in [0.25, 0.3) is 0 Å². The number of hydrogen-bond donors (Lipinski definition) is 2. The molecule has 1 heterocycles. The summed E-state index contributed by atoms with van der Waals surface area (Å²) >= 11 is 5.07. The van der Waals surface area contributed by atoms with Crippen LogP contribution in [0.2, 0.25) is 0 Å². The van der Waals surface area contributed by atoms with Gasteiger partial charge in [-0.15, -0.1) is 11.3 Å². The number of halogens is 1. The van der Waals surface area contributed by atoms with E-state index in [1.807, 2.05) is 41.8 Å². The summed E-state index contributed by atoms with van der Waals surface area (Å²) in [5.74, 6) is 0. The first-order chi connectivity index (χ1) is 7.79. The van der Waals surface area contributed by atoms with E-state index < -0.39 is 0 Å². The van der Waals surface area contributed by atoms with Crippen LogP contribution in [0.1, 0.15) is 10.9 Å². The Morgan fingerprint density at radius 2 is 2.19 bits per heavy atom. The second-order valence-electron chi connectivity index (χ2n) is 3.41. The van der Waals surface area contributed by atoms with Crippen LogP contribution in [-0.4, -0.2) is 11.7 Å². The summed E-state index contributed by atoms with van der Waals surface area (Å²) in [6.45, 7) is 0.0903. The summed E-state index contributed by atoms with van der Waals surface area (Å²) in [6, 6.07) is 11.9. The van der Waals surface area contributed by atoms with Gasteiger partial charge >= 0.3 is 0 Å². The lowest BCUT2D eigenvalue weighted by Gasteiger charge is -2.16. The Balaban J connectivity index is 2.13. The van der Waals surface area contributed by atoms with Crippen molar-refractivity contribution in [1.29, 1.82) is 0 Å². The van der Waals surface area contributed by atoms with Crippen molar-refractivity contribution in [3.05, 3.63) is 51.1 Å². The number of thiophene rings is 1. The molecule has 0 saturated heterocycles. The maximum Gasteiger partial charge on any atom is 0.0837 e. The van der Waals surface area contributed by atoms with Crippen LogP contribution in [0.4, 0.5) is 5.69 Å². The van der Waals surface area contributed by atoms with Crippen LogP contribution in [0, 0.1) is 0 Å². The minimum atomic E-state index is -0.0331. The van der Waals surface area contributed by atoms with Gasteiger partial charge in [0.05, 0.1) is 12.6 Å². The number of hydrogen-bond acceptors (Lipinski definition) is 3. The fourth-order valence-corrected chi connectivity index (χ4v) is 2.64. The monoisotopic (exact) mass is 297 g/mol. The lowest BCUT2D eigenvalue weighted by atomic mass is 10.2. The van der Waals surface area contributed by atoms with E-state index in [9.17, 15) is 5.11 Å². The molecular weight excluding hydrogens is 286 g/mol. The highest BCUT2D eigenvalue weighted by atomic mass is 79.9. The number of benzene rings is 1. The van der Waals surface area contributed by atoms with Gasteiger partial charge in [-0.2, -0.15) is 0 Å². The van der Waals surface area contributed by atoms with Gasteiger partial charge in [0.2, 0.25) is 0 Å². The minimum Gasteiger partial charge on any atom is -0.394 e. The molecule has 1 aromatic heterocycles. The van der Waals surface area contributed by atoms with E-state index in [1.54, 1.807) is 11.3 Å². The average molecular weight is 298 g/mol. The van der Waals surface area contributed by atoms with Gasteiger partial charge in [-0.3, -0.25) is 0 Å². The maximum atomic E-state index is 9.36. The highest BCUT2D eigenvalue weighted by Crippen LogP contribution is 2.24. The lowest BCUT2D eigenvalue weighted by molar-refractivity contribution is 0.278. The summed E-state index contributed by atoms with van der Waals surface area (Å²) in [4.78, 5) is 1.14. The Morgan fingerprint density at radius 1 is 1.31 bits per heavy atom. The van der Waals surface area contributed by atoms with Crippen LogP contribution in [0.15, 0.2) is 46.3 Å². The first-order valence-corrected chi connectivity index (χ1v) is 6.63. The molecule has 1 atom stereocenters. The van der Waals surface area contributed by atoms with Crippen molar-refractivity contribution in [2.45, 2.75) is 6.04 Å². The topological polar surface area (TPSA) is 32.3 Å².